The van der Waals surface area contributed by atoms with Gasteiger partial charge in [-0.1, -0.05) is 0 Å². The fourth-order valence-corrected chi connectivity index (χ4v) is 1.53. The van der Waals surface area contributed by atoms with Crippen LogP contribution in [0.4, 0.5) is 11.4 Å². The second kappa shape index (κ2) is 4.18. The van der Waals surface area contributed by atoms with Crippen LogP contribution in [0.25, 0.3) is 0 Å². The van der Waals surface area contributed by atoms with E-state index in [2.05, 4.69) is 9.71 Å². The van der Waals surface area contributed by atoms with Crippen molar-refractivity contribution in [2.24, 2.45) is 16.5 Å². The van der Waals surface area contributed by atoms with E-state index in [1.807, 2.05) is 0 Å². The number of benzene rings is 1. The highest BCUT2D eigenvalue weighted by atomic mass is 32.2. The molecule has 5 N–H and O–H groups in total. The highest BCUT2D eigenvalue weighted by molar-refractivity contribution is 7.92. The van der Waals surface area contributed by atoms with Crippen molar-refractivity contribution in [1.29, 1.82) is 0 Å². The molecular formula is C8H12N4O2S. The van der Waals surface area contributed by atoms with E-state index in [4.69, 9.17) is 11.5 Å². The van der Waals surface area contributed by atoms with E-state index in [1.165, 1.54) is 0 Å². The van der Waals surface area contributed by atoms with Crippen molar-refractivity contribution in [2.45, 2.75) is 0 Å². The SMILES string of the molecule is CS(=O)(=O)Nc1ccc(N=C(N)N)cc1. The van der Waals surface area contributed by atoms with Gasteiger partial charge in [-0.2, -0.15) is 0 Å². The van der Waals surface area contributed by atoms with E-state index in [0.29, 0.717) is 11.4 Å². The summed E-state index contributed by atoms with van der Waals surface area (Å²) in [5, 5.41) is 0. The van der Waals surface area contributed by atoms with Gasteiger partial charge in [-0.05, 0) is 24.3 Å². The van der Waals surface area contributed by atoms with Crippen LogP contribution in [0, 0.1) is 0 Å². The molecule has 0 radical (unpaired) electrons. The minimum atomic E-state index is -3.25. The molecule has 0 atom stereocenters. The van der Waals surface area contributed by atoms with Crippen molar-refractivity contribution in [2.75, 3.05) is 11.0 Å². The fourth-order valence-electron chi connectivity index (χ4n) is 0.967. The summed E-state index contributed by atoms with van der Waals surface area (Å²) < 4.78 is 24.1. The summed E-state index contributed by atoms with van der Waals surface area (Å²) in [4.78, 5) is 3.79. The first-order chi connectivity index (χ1) is 6.87. The van der Waals surface area contributed by atoms with Gasteiger partial charge in [0.25, 0.3) is 0 Å². The zero-order valence-corrected chi connectivity index (χ0v) is 8.95. The molecule has 6 nitrogen and oxygen atoms in total. The first-order valence-electron chi connectivity index (χ1n) is 4.04. The molecule has 7 heteroatoms. The number of nitrogens with one attached hydrogen (secondary N) is 1. The highest BCUT2D eigenvalue weighted by Crippen LogP contribution is 2.16. The second-order valence-electron chi connectivity index (χ2n) is 2.96. The lowest BCUT2D eigenvalue weighted by Gasteiger charge is -2.03. The van der Waals surface area contributed by atoms with E-state index < -0.39 is 10.0 Å². The third kappa shape index (κ3) is 4.32. The molecule has 0 fully saturated rings. The molecule has 1 aromatic carbocycles. The molecule has 0 saturated carbocycles. The van der Waals surface area contributed by atoms with Gasteiger partial charge >= 0.3 is 0 Å². The predicted molar refractivity (Wildman–Crippen MR) is 60.4 cm³/mol. The minimum absolute atomic E-state index is 0.0428. The van der Waals surface area contributed by atoms with Crippen LogP contribution in [0.1, 0.15) is 0 Å². The number of nitrogens with zero attached hydrogens (tertiary/aromatic N) is 1. The lowest BCUT2D eigenvalue weighted by molar-refractivity contribution is 0.607. The molecule has 0 unspecified atom stereocenters. The van der Waals surface area contributed by atoms with Gasteiger partial charge < -0.3 is 11.5 Å². The number of anilines is 1. The molecule has 0 heterocycles. The summed E-state index contributed by atoms with van der Waals surface area (Å²) in [6, 6.07) is 6.35. The second-order valence-corrected chi connectivity index (χ2v) is 4.71. The Morgan fingerprint density at radius 2 is 1.80 bits per heavy atom. The molecule has 0 aliphatic heterocycles. The van der Waals surface area contributed by atoms with E-state index in [9.17, 15) is 8.42 Å². The molecule has 1 rings (SSSR count). The first-order valence-corrected chi connectivity index (χ1v) is 5.93. The molecule has 0 aliphatic rings. The van der Waals surface area contributed by atoms with E-state index in [0.717, 1.165) is 6.26 Å². The largest absolute Gasteiger partial charge is 0.370 e. The minimum Gasteiger partial charge on any atom is -0.370 e. The van der Waals surface area contributed by atoms with Crippen molar-refractivity contribution in [1.82, 2.24) is 0 Å². The van der Waals surface area contributed by atoms with Crippen LogP contribution in [0.5, 0.6) is 0 Å². The Morgan fingerprint density at radius 1 is 1.27 bits per heavy atom. The van der Waals surface area contributed by atoms with Gasteiger partial charge in [-0.15, -0.1) is 0 Å². The molecular weight excluding hydrogens is 216 g/mol. The number of hydrogen-bond acceptors (Lipinski definition) is 3. The average Bonchev–Trinajstić information content (AvgIpc) is 2.05. The molecule has 82 valence electrons. The van der Waals surface area contributed by atoms with Crippen molar-refractivity contribution in [3.05, 3.63) is 24.3 Å². The molecule has 0 aliphatic carbocycles. The van der Waals surface area contributed by atoms with Gasteiger partial charge in [0.15, 0.2) is 5.96 Å². The number of aliphatic imine (C=N–C) groups is 1. The Morgan fingerprint density at radius 3 is 2.20 bits per heavy atom. The van der Waals surface area contributed by atoms with Crippen LogP contribution in [0.15, 0.2) is 29.3 Å². The zero-order chi connectivity index (χ0) is 11.5. The van der Waals surface area contributed by atoms with Gasteiger partial charge in [-0.25, -0.2) is 13.4 Å². The molecule has 0 aromatic heterocycles. The Kier molecular flexibility index (Phi) is 3.15. The van der Waals surface area contributed by atoms with Gasteiger partial charge in [-0.3, -0.25) is 4.72 Å². The molecule has 15 heavy (non-hydrogen) atoms. The van der Waals surface area contributed by atoms with Crippen LogP contribution < -0.4 is 16.2 Å². The van der Waals surface area contributed by atoms with E-state index >= 15 is 0 Å². The van der Waals surface area contributed by atoms with Crippen LogP contribution in [-0.2, 0) is 10.0 Å². The van der Waals surface area contributed by atoms with E-state index in [1.54, 1.807) is 24.3 Å². The van der Waals surface area contributed by atoms with Gasteiger partial charge in [0.2, 0.25) is 10.0 Å². The summed E-state index contributed by atoms with van der Waals surface area (Å²) in [5.74, 6) is -0.0428. The summed E-state index contributed by atoms with van der Waals surface area (Å²) in [7, 11) is -3.25. The lowest BCUT2D eigenvalue weighted by Crippen LogP contribution is -2.21. The zero-order valence-electron chi connectivity index (χ0n) is 8.14. The summed E-state index contributed by atoms with van der Waals surface area (Å²) in [6.07, 6.45) is 1.08. The molecule has 0 saturated heterocycles. The monoisotopic (exact) mass is 228 g/mol. The van der Waals surface area contributed by atoms with Gasteiger partial charge in [0, 0.05) is 5.69 Å². The number of sulfonamides is 1. The van der Waals surface area contributed by atoms with Gasteiger partial charge in [0.1, 0.15) is 0 Å². The third-order valence-corrected chi connectivity index (χ3v) is 2.04. The Labute approximate surface area is 88.0 Å². The maximum Gasteiger partial charge on any atom is 0.229 e. The van der Waals surface area contributed by atoms with Crippen molar-refractivity contribution >= 4 is 27.4 Å². The molecule has 0 bridgehead atoms. The maximum atomic E-state index is 10.9. The fraction of sp³-hybridized carbons (Fsp3) is 0.125. The Balaban J connectivity index is 2.86. The Bertz CT molecular complexity index is 460. The molecule has 0 amide bonds. The summed E-state index contributed by atoms with van der Waals surface area (Å²) in [6.45, 7) is 0. The van der Waals surface area contributed by atoms with Crippen molar-refractivity contribution in [3.63, 3.8) is 0 Å². The van der Waals surface area contributed by atoms with Crippen LogP contribution >= 0.6 is 0 Å². The first kappa shape index (κ1) is 11.3. The van der Waals surface area contributed by atoms with Crippen molar-refractivity contribution < 1.29 is 8.42 Å². The third-order valence-electron chi connectivity index (χ3n) is 1.43. The maximum absolute atomic E-state index is 10.9. The molecule has 0 spiro atoms. The quantitative estimate of drug-likeness (QED) is 0.498. The van der Waals surface area contributed by atoms with Gasteiger partial charge in [0.05, 0.1) is 11.9 Å². The standard InChI is InChI=1S/C8H12N4O2S/c1-15(13,14)12-7-4-2-6(3-5-7)11-8(9)10/h2-5,12H,1H3,(H4,9,10,11). The topological polar surface area (TPSA) is 111 Å². The smallest absolute Gasteiger partial charge is 0.229 e. The normalized spacial score (nSPS) is 10.7. The van der Waals surface area contributed by atoms with Crippen molar-refractivity contribution in [3.8, 4) is 0 Å². The number of guanidine groups is 1. The average molecular weight is 228 g/mol. The van der Waals surface area contributed by atoms with Crippen LogP contribution in [0.3, 0.4) is 0 Å². The van der Waals surface area contributed by atoms with Crippen LogP contribution in [0.2, 0.25) is 0 Å². The Hall–Kier alpha value is -1.76. The summed E-state index contributed by atoms with van der Waals surface area (Å²) >= 11 is 0. The predicted octanol–water partition coefficient (Wildman–Crippen LogP) is -0.0370. The van der Waals surface area contributed by atoms with Crippen LogP contribution in [-0.4, -0.2) is 20.6 Å². The highest BCUT2D eigenvalue weighted by Gasteiger charge is 2.00. The van der Waals surface area contributed by atoms with E-state index in [-0.39, 0.29) is 5.96 Å². The number of nitrogens with two attached hydrogens (primary N) is 2. The lowest BCUT2D eigenvalue weighted by atomic mass is 10.3. The summed E-state index contributed by atoms with van der Waals surface area (Å²) in [5.41, 5.74) is 11.4. The number of rotatable bonds is 3. The number of hydrogen-bond donors (Lipinski definition) is 3. The molecule has 1 aromatic rings.